The van der Waals surface area contributed by atoms with Gasteiger partial charge in [0.25, 0.3) is 5.91 Å². The number of thioether (sulfide) groups is 1. The lowest BCUT2D eigenvalue weighted by Gasteiger charge is -2.15. The summed E-state index contributed by atoms with van der Waals surface area (Å²) >= 11 is 2.93. The van der Waals surface area contributed by atoms with E-state index in [1.165, 1.54) is 28.0 Å². The van der Waals surface area contributed by atoms with E-state index in [9.17, 15) is 9.59 Å². The highest BCUT2D eigenvalue weighted by atomic mass is 32.2. The van der Waals surface area contributed by atoms with Crippen molar-refractivity contribution in [3.05, 3.63) is 5.51 Å². The molecule has 1 N–H and O–H groups in total. The molecule has 17 heavy (non-hydrogen) atoms. The van der Waals surface area contributed by atoms with Gasteiger partial charge < -0.3 is 5.32 Å². The van der Waals surface area contributed by atoms with Gasteiger partial charge in [-0.15, -0.1) is 10.2 Å². The summed E-state index contributed by atoms with van der Waals surface area (Å²) in [4.78, 5) is 24.6. The number of carbonyl (C=O) groups is 2. The van der Waals surface area contributed by atoms with Crippen molar-refractivity contribution < 1.29 is 9.59 Å². The predicted octanol–water partition coefficient (Wildman–Crippen LogP) is 0.961. The SMILES string of the molecule is CC1(C)NC(=O)N(CCSc2nncs2)C1=O. The highest BCUT2D eigenvalue weighted by Crippen LogP contribution is 2.21. The quantitative estimate of drug-likeness (QED) is 0.652. The van der Waals surface area contributed by atoms with Gasteiger partial charge in [-0.25, -0.2) is 4.79 Å². The molecule has 1 fully saturated rings. The summed E-state index contributed by atoms with van der Waals surface area (Å²) in [5.74, 6) is 0.449. The summed E-state index contributed by atoms with van der Waals surface area (Å²) in [5.41, 5.74) is 0.865. The minimum Gasteiger partial charge on any atom is -0.324 e. The Morgan fingerprint density at radius 2 is 2.29 bits per heavy atom. The van der Waals surface area contributed by atoms with Crippen molar-refractivity contribution in [2.75, 3.05) is 12.3 Å². The molecule has 0 aliphatic carbocycles. The molecule has 1 saturated heterocycles. The number of hydrogen-bond donors (Lipinski definition) is 1. The summed E-state index contributed by atoms with van der Waals surface area (Å²) in [5, 5.41) is 10.2. The molecule has 2 heterocycles. The normalized spacial score (nSPS) is 18.6. The third-order valence-electron chi connectivity index (χ3n) is 2.32. The average molecular weight is 272 g/mol. The van der Waals surface area contributed by atoms with Crippen LogP contribution in [-0.2, 0) is 4.79 Å². The standard InChI is InChI=1S/C9H12N4O2S2/c1-9(2)6(14)13(7(15)11-9)3-4-16-8-12-10-5-17-8/h5H,3-4H2,1-2H3,(H,11,15). The fraction of sp³-hybridized carbons (Fsp3) is 0.556. The maximum Gasteiger partial charge on any atom is 0.325 e. The van der Waals surface area contributed by atoms with Crippen molar-refractivity contribution >= 4 is 35.0 Å². The van der Waals surface area contributed by atoms with E-state index in [1.54, 1.807) is 19.4 Å². The lowest BCUT2D eigenvalue weighted by Crippen LogP contribution is -2.40. The van der Waals surface area contributed by atoms with Gasteiger partial charge in [0.15, 0.2) is 4.34 Å². The van der Waals surface area contributed by atoms with Crippen LogP contribution in [0.1, 0.15) is 13.8 Å². The summed E-state index contributed by atoms with van der Waals surface area (Å²) in [7, 11) is 0. The number of amides is 3. The van der Waals surface area contributed by atoms with Crippen molar-refractivity contribution in [3.8, 4) is 0 Å². The third kappa shape index (κ3) is 2.58. The average Bonchev–Trinajstić information content (AvgIpc) is 2.80. The largest absolute Gasteiger partial charge is 0.325 e. The number of nitrogens with zero attached hydrogens (tertiary/aromatic N) is 3. The van der Waals surface area contributed by atoms with Crippen molar-refractivity contribution in [3.63, 3.8) is 0 Å². The van der Waals surface area contributed by atoms with Crippen molar-refractivity contribution in [1.82, 2.24) is 20.4 Å². The molecule has 1 aromatic heterocycles. The topological polar surface area (TPSA) is 75.2 Å². The molecule has 0 atom stereocenters. The molecule has 0 aromatic carbocycles. The first-order valence-electron chi connectivity index (χ1n) is 5.04. The van der Waals surface area contributed by atoms with Crippen LogP contribution in [0.4, 0.5) is 4.79 Å². The molecule has 1 aromatic rings. The molecule has 8 heteroatoms. The van der Waals surface area contributed by atoms with E-state index >= 15 is 0 Å². The summed E-state index contributed by atoms with van der Waals surface area (Å²) in [6, 6.07) is -0.321. The zero-order valence-corrected chi connectivity index (χ0v) is 11.1. The lowest BCUT2D eigenvalue weighted by molar-refractivity contribution is -0.130. The molecular formula is C9H12N4O2S2. The van der Waals surface area contributed by atoms with Gasteiger partial charge in [-0.05, 0) is 13.8 Å². The minimum atomic E-state index is -0.787. The summed E-state index contributed by atoms with van der Waals surface area (Å²) in [6.45, 7) is 3.79. The van der Waals surface area contributed by atoms with Gasteiger partial charge >= 0.3 is 6.03 Å². The van der Waals surface area contributed by atoms with Gasteiger partial charge in [0, 0.05) is 12.3 Å². The highest BCUT2D eigenvalue weighted by Gasteiger charge is 2.43. The molecule has 3 amide bonds. The second-order valence-electron chi connectivity index (χ2n) is 4.07. The first-order valence-corrected chi connectivity index (χ1v) is 6.90. The van der Waals surface area contributed by atoms with E-state index in [2.05, 4.69) is 15.5 Å². The third-order valence-corrected chi connectivity index (χ3v) is 4.17. The van der Waals surface area contributed by atoms with E-state index in [-0.39, 0.29) is 11.9 Å². The molecule has 0 unspecified atom stereocenters. The van der Waals surface area contributed by atoms with Crippen LogP contribution < -0.4 is 5.32 Å². The zero-order chi connectivity index (χ0) is 12.5. The number of nitrogens with one attached hydrogen (secondary N) is 1. The molecule has 6 nitrogen and oxygen atoms in total. The molecule has 0 radical (unpaired) electrons. The van der Waals surface area contributed by atoms with Gasteiger partial charge in [-0.2, -0.15) is 0 Å². The Labute approximate surface area is 107 Å². The number of imide groups is 1. The minimum absolute atomic E-state index is 0.180. The maximum atomic E-state index is 11.8. The molecular weight excluding hydrogens is 260 g/mol. The van der Waals surface area contributed by atoms with Crippen LogP contribution in [0.25, 0.3) is 0 Å². The Morgan fingerprint density at radius 1 is 1.53 bits per heavy atom. The fourth-order valence-electron chi connectivity index (χ4n) is 1.47. The van der Waals surface area contributed by atoms with Crippen molar-refractivity contribution in [2.24, 2.45) is 0 Å². The number of aromatic nitrogens is 2. The zero-order valence-electron chi connectivity index (χ0n) is 9.47. The monoisotopic (exact) mass is 272 g/mol. The molecule has 1 aliphatic heterocycles. The van der Waals surface area contributed by atoms with E-state index in [4.69, 9.17) is 0 Å². The molecule has 92 valence electrons. The smallest absolute Gasteiger partial charge is 0.324 e. The molecule has 2 rings (SSSR count). The Kier molecular flexibility index (Phi) is 3.34. The van der Waals surface area contributed by atoms with Crippen molar-refractivity contribution in [2.45, 2.75) is 23.7 Å². The van der Waals surface area contributed by atoms with Crippen LogP contribution in [0.2, 0.25) is 0 Å². The van der Waals surface area contributed by atoms with Gasteiger partial charge in [-0.3, -0.25) is 9.69 Å². The van der Waals surface area contributed by atoms with Crippen LogP contribution in [0.3, 0.4) is 0 Å². The lowest BCUT2D eigenvalue weighted by atomic mass is 10.1. The van der Waals surface area contributed by atoms with Crippen LogP contribution in [0.15, 0.2) is 9.85 Å². The summed E-state index contributed by atoms with van der Waals surface area (Å²) in [6.07, 6.45) is 0. The molecule has 0 saturated carbocycles. The Hall–Kier alpha value is -1.15. The molecule has 0 bridgehead atoms. The second-order valence-corrected chi connectivity index (χ2v) is 6.24. The number of hydrogen-bond acceptors (Lipinski definition) is 6. The fourth-order valence-corrected chi connectivity index (χ4v) is 2.95. The van der Waals surface area contributed by atoms with Gasteiger partial charge in [0.05, 0.1) is 0 Å². The molecule has 0 spiro atoms. The first kappa shape index (κ1) is 12.3. The number of rotatable bonds is 4. The highest BCUT2D eigenvalue weighted by molar-refractivity contribution is 8.01. The van der Waals surface area contributed by atoms with E-state index < -0.39 is 5.54 Å². The second kappa shape index (κ2) is 4.61. The van der Waals surface area contributed by atoms with E-state index in [1.807, 2.05) is 0 Å². The Bertz CT molecular complexity index is 432. The summed E-state index contributed by atoms with van der Waals surface area (Å²) < 4.78 is 0.844. The number of carbonyl (C=O) groups excluding carboxylic acids is 2. The first-order chi connectivity index (χ1) is 8.00. The van der Waals surface area contributed by atoms with Crippen LogP contribution in [0, 0.1) is 0 Å². The van der Waals surface area contributed by atoms with Gasteiger partial charge in [0.2, 0.25) is 0 Å². The van der Waals surface area contributed by atoms with Gasteiger partial charge in [-0.1, -0.05) is 23.1 Å². The van der Waals surface area contributed by atoms with Crippen LogP contribution in [0.5, 0.6) is 0 Å². The molecule has 1 aliphatic rings. The van der Waals surface area contributed by atoms with E-state index in [0.29, 0.717) is 12.3 Å². The van der Waals surface area contributed by atoms with Crippen molar-refractivity contribution in [1.29, 1.82) is 0 Å². The Morgan fingerprint density at radius 3 is 2.82 bits per heavy atom. The van der Waals surface area contributed by atoms with Gasteiger partial charge in [0.1, 0.15) is 11.0 Å². The van der Waals surface area contributed by atoms with E-state index in [0.717, 1.165) is 4.34 Å². The van der Waals surface area contributed by atoms with Crippen LogP contribution >= 0.6 is 23.1 Å². The number of urea groups is 1. The van der Waals surface area contributed by atoms with Crippen LogP contribution in [-0.4, -0.2) is 44.9 Å². The Balaban J connectivity index is 1.87. The predicted molar refractivity (Wildman–Crippen MR) is 65.0 cm³/mol. The maximum absolute atomic E-state index is 11.8.